The minimum atomic E-state index is -1.07. The van der Waals surface area contributed by atoms with Crippen LogP contribution in [0, 0.1) is 5.92 Å². The topological polar surface area (TPSA) is 83.9 Å². The van der Waals surface area contributed by atoms with Gasteiger partial charge in [-0.15, -0.1) is 0 Å². The molecule has 0 saturated heterocycles. The third kappa shape index (κ3) is 8.72. The second kappa shape index (κ2) is 8.38. The predicted molar refractivity (Wildman–Crippen MR) is 80.9 cm³/mol. The predicted octanol–water partition coefficient (Wildman–Crippen LogP) is 2.24. The summed E-state index contributed by atoms with van der Waals surface area (Å²) in [5.74, 6) is -1.46. The minimum Gasteiger partial charge on any atom is -0.458 e. The number of nitrogens with zero attached hydrogens (tertiary/aromatic N) is 1. The van der Waals surface area contributed by atoms with Crippen molar-refractivity contribution in [2.45, 2.75) is 59.6 Å². The van der Waals surface area contributed by atoms with E-state index in [9.17, 15) is 19.6 Å². The first-order chi connectivity index (χ1) is 9.44. The molecule has 0 aliphatic carbocycles. The van der Waals surface area contributed by atoms with Gasteiger partial charge in [-0.3, -0.25) is 14.8 Å². The third-order valence-corrected chi connectivity index (χ3v) is 3.12. The van der Waals surface area contributed by atoms with Crippen molar-refractivity contribution in [2.75, 3.05) is 5.75 Å². The number of carbonyl (C=O) groups is 3. The van der Waals surface area contributed by atoms with Crippen LogP contribution in [0.15, 0.2) is 0 Å². The van der Waals surface area contributed by atoms with Crippen LogP contribution in [-0.4, -0.2) is 44.7 Å². The van der Waals surface area contributed by atoms with E-state index in [-0.39, 0.29) is 23.2 Å². The van der Waals surface area contributed by atoms with Crippen LogP contribution in [0.1, 0.15) is 48.0 Å². The van der Waals surface area contributed by atoms with E-state index in [0.717, 1.165) is 11.8 Å². The molecule has 0 rings (SSSR count). The fourth-order valence-corrected chi connectivity index (χ4v) is 1.97. The molecule has 7 heteroatoms. The van der Waals surface area contributed by atoms with Crippen molar-refractivity contribution in [3.63, 3.8) is 0 Å². The largest absolute Gasteiger partial charge is 0.458 e. The maximum Gasteiger partial charge on any atom is 0.332 e. The Morgan fingerprint density at radius 2 is 1.76 bits per heavy atom. The molecule has 0 radical (unpaired) electrons. The highest BCUT2D eigenvalue weighted by atomic mass is 32.2. The Labute approximate surface area is 130 Å². The molecule has 0 unspecified atom stereocenters. The van der Waals surface area contributed by atoms with Crippen molar-refractivity contribution in [3.05, 3.63) is 0 Å². The van der Waals surface area contributed by atoms with Gasteiger partial charge in [0.1, 0.15) is 5.60 Å². The normalized spacial score (nSPS) is 13.0. The number of hydrogen-bond acceptors (Lipinski definition) is 6. The van der Waals surface area contributed by atoms with Crippen molar-refractivity contribution < 1.29 is 24.3 Å². The number of hydroxylamine groups is 2. The van der Waals surface area contributed by atoms with E-state index in [1.165, 1.54) is 6.92 Å². The van der Waals surface area contributed by atoms with Crippen LogP contribution in [0.5, 0.6) is 0 Å². The Bertz CT molecular complexity index is 389. The Morgan fingerprint density at radius 1 is 1.24 bits per heavy atom. The number of hydrogen-bond donors (Lipinski definition) is 1. The lowest BCUT2D eigenvalue weighted by Crippen LogP contribution is -2.47. The molecule has 0 aromatic rings. The summed E-state index contributed by atoms with van der Waals surface area (Å²) >= 11 is 0.787. The molecule has 122 valence electrons. The molecule has 0 fully saturated rings. The Balaban J connectivity index is 4.91. The smallest absolute Gasteiger partial charge is 0.332 e. The number of amides is 1. The molecule has 6 nitrogen and oxygen atoms in total. The highest BCUT2D eigenvalue weighted by Gasteiger charge is 2.33. The van der Waals surface area contributed by atoms with Gasteiger partial charge in [-0.2, -0.15) is 0 Å². The maximum atomic E-state index is 12.1. The van der Waals surface area contributed by atoms with Gasteiger partial charge in [0.25, 0.3) is 5.91 Å². The van der Waals surface area contributed by atoms with Crippen molar-refractivity contribution in [1.82, 2.24) is 5.06 Å². The van der Waals surface area contributed by atoms with E-state index in [1.807, 2.05) is 13.8 Å². The Kier molecular flexibility index (Phi) is 7.95. The van der Waals surface area contributed by atoms with Crippen LogP contribution < -0.4 is 0 Å². The second-order valence-corrected chi connectivity index (χ2v) is 7.35. The molecule has 0 aromatic heterocycles. The van der Waals surface area contributed by atoms with E-state index in [0.29, 0.717) is 5.06 Å². The Morgan fingerprint density at radius 3 is 2.14 bits per heavy atom. The van der Waals surface area contributed by atoms with E-state index in [2.05, 4.69) is 0 Å². The molecule has 0 heterocycles. The Hall–Kier alpha value is -1.08. The molecule has 0 aliphatic heterocycles. The number of thioether (sulfide) groups is 1. The van der Waals surface area contributed by atoms with Crippen molar-refractivity contribution in [2.24, 2.45) is 5.92 Å². The summed E-state index contributed by atoms with van der Waals surface area (Å²) in [6.07, 6.45) is 0.280. The van der Waals surface area contributed by atoms with Gasteiger partial charge in [0.15, 0.2) is 11.2 Å². The molecule has 0 spiro atoms. The lowest BCUT2D eigenvalue weighted by atomic mass is 10.0. The molecule has 0 aliphatic rings. The van der Waals surface area contributed by atoms with Gasteiger partial charge in [0.05, 0.1) is 5.75 Å². The van der Waals surface area contributed by atoms with E-state index < -0.39 is 23.5 Å². The van der Waals surface area contributed by atoms with E-state index in [1.54, 1.807) is 20.8 Å². The summed E-state index contributed by atoms with van der Waals surface area (Å²) < 4.78 is 5.23. The van der Waals surface area contributed by atoms with Crippen LogP contribution in [0.2, 0.25) is 0 Å². The molecular formula is C14H25NO5S. The first-order valence-corrected chi connectivity index (χ1v) is 7.79. The molecule has 1 amide bonds. The lowest BCUT2D eigenvalue weighted by molar-refractivity contribution is -0.193. The van der Waals surface area contributed by atoms with Crippen LogP contribution in [0.25, 0.3) is 0 Å². The SMILES string of the molecule is CC(=O)SCC(=O)N(O)[C@@H](CC(C)C)C(=O)OC(C)(C)C. The molecule has 1 atom stereocenters. The van der Waals surface area contributed by atoms with E-state index in [4.69, 9.17) is 4.74 Å². The highest BCUT2D eigenvalue weighted by molar-refractivity contribution is 8.14. The van der Waals surface area contributed by atoms with Gasteiger partial charge < -0.3 is 4.74 Å². The van der Waals surface area contributed by atoms with Crippen LogP contribution >= 0.6 is 11.8 Å². The van der Waals surface area contributed by atoms with Crippen molar-refractivity contribution >= 4 is 28.8 Å². The first-order valence-electron chi connectivity index (χ1n) is 6.81. The average Bonchev–Trinajstić information content (AvgIpc) is 2.29. The molecule has 0 aromatic carbocycles. The summed E-state index contributed by atoms with van der Waals surface area (Å²) in [5, 5.41) is 10.1. The minimum absolute atomic E-state index is 0.0884. The summed E-state index contributed by atoms with van der Waals surface area (Å²) in [6, 6.07) is -1.07. The number of ether oxygens (including phenoxy) is 1. The fourth-order valence-electron chi connectivity index (χ4n) is 1.52. The molecule has 1 N–H and O–H groups in total. The van der Waals surface area contributed by atoms with Gasteiger partial charge in [-0.1, -0.05) is 25.6 Å². The summed E-state index contributed by atoms with van der Waals surface area (Å²) in [7, 11) is 0. The summed E-state index contributed by atoms with van der Waals surface area (Å²) in [5.41, 5.74) is -0.704. The van der Waals surface area contributed by atoms with Gasteiger partial charge >= 0.3 is 5.97 Å². The van der Waals surface area contributed by atoms with E-state index >= 15 is 0 Å². The zero-order valence-corrected chi connectivity index (χ0v) is 14.3. The van der Waals surface area contributed by atoms with Crippen LogP contribution in [-0.2, 0) is 19.1 Å². The summed E-state index contributed by atoms with van der Waals surface area (Å²) in [4.78, 5) is 34.8. The molecule has 21 heavy (non-hydrogen) atoms. The summed E-state index contributed by atoms with van der Waals surface area (Å²) in [6.45, 7) is 10.2. The van der Waals surface area contributed by atoms with Crippen molar-refractivity contribution in [3.8, 4) is 0 Å². The molecular weight excluding hydrogens is 294 g/mol. The van der Waals surface area contributed by atoms with Gasteiger partial charge in [-0.25, -0.2) is 9.86 Å². The van der Waals surface area contributed by atoms with Gasteiger partial charge in [0, 0.05) is 6.92 Å². The molecule has 0 bridgehead atoms. The molecule has 0 saturated carbocycles. The number of rotatable bonds is 6. The fraction of sp³-hybridized carbons (Fsp3) is 0.786. The zero-order chi connectivity index (χ0) is 16.8. The number of carbonyl (C=O) groups excluding carboxylic acids is 3. The quantitative estimate of drug-likeness (QED) is 0.459. The third-order valence-electron chi connectivity index (χ3n) is 2.32. The van der Waals surface area contributed by atoms with Gasteiger partial charge in [-0.05, 0) is 33.1 Å². The maximum absolute atomic E-state index is 12.1. The highest BCUT2D eigenvalue weighted by Crippen LogP contribution is 2.17. The lowest BCUT2D eigenvalue weighted by Gasteiger charge is -2.29. The van der Waals surface area contributed by atoms with Crippen LogP contribution in [0.3, 0.4) is 0 Å². The number of esters is 1. The zero-order valence-electron chi connectivity index (χ0n) is 13.5. The standard InChI is InChI=1S/C14H25NO5S/c1-9(2)7-11(13(18)20-14(4,5)6)15(19)12(17)8-21-10(3)16/h9,11,19H,7-8H2,1-6H3/t11-/m0/s1. The average molecular weight is 319 g/mol. The van der Waals surface area contributed by atoms with Gasteiger partial charge in [0.2, 0.25) is 0 Å². The van der Waals surface area contributed by atoms with Crippen LogP contribution in [0.4, 0.5) is 0 Å². The second-order valence-electron chi connectivity index (χ2n) is 6.20. The first kappa shape index (κ1) is 19.9. The van der Waals surface area contributed by atoms with Crippen molar-refractivity contribution in [1.29, 1.82) is 0 Å². The monoisotopic (exact) mass is 319 g/mol.